The van der Waals surface area contributed by atoms with Crippen molar-refractivity contribution in [3.05, 3.63) is 0 Å². The van der Waals surface area contributed by atoms with Gasteiger partial charge in [-0.3, -0.25) is 9.89 Å². The summed E-state index contributed by atoms with van der Waals surface area (Å²) in [4.78, 5) is 6.69. The summed E-state index contributed by atoms with van der Waals surface area (Å²) in [5.41, 5.74) is 5.86. The Morgan fingerprint density at radius 3 is 2.90 bits per heavy atom. The van der Waals surface area contributed by atoms with E-state index in [-0.39, 0.29) is 18.8 Å². The van der Waals surface area contributed by atoms with Crippen molar-refractivity contribution in [3.63, 3.8) is 0 Å². The zero-order chi connectivity index (χ0) is 15.3. The van der Waals surface area contributed by atoms with Crippen LogP contribution >= 0.6 is 0 Å². The molecule has 2 rings (SSSR count). The number of nitrogens with zero attached hydrogens (tertiary/aromatic N) is 2. The van der Waals surface area contributed by atoms with Gasteiger partial charge in [-0.15, -0.1) is 0 Å². The predicted octanol–water partition coefficient (Wildman–Crippen LogP) is 2.20. The predicted molar refractivity (Wildman–Crippen MR) is 81.7 cm³/mol. The average Bonchev–Trinajstić information content (AvgIpc) is 2.89. The largest absolute Gasteiger partial charge is 0.370 e. The van der Waals surface area contributed by atoms with Gasteiger partial charge in [0.25, 0.3) is 0 Å². The van der Waals surface area contributed by atoms with Crippen LogP contribution in [0.4, 0.5) is 8.78 Å². The monoisotopic (exact) mass is 302 g/mol. The van der Waals surface area contributed by atoms with E-state index in [9.17, 15) is 8.78 Å². The molecule has 0 spiro atoms. The quantitative estimate of drug-likeness (QED) is 0.605. The maximum atomic E-state index is 13.3. The highest BCUT2D eigenvalue weighted by Gasteiger charge is 2.35. The van der Waals surface area contributed by atoms with Crippen LogP contribution in [-0.2, 0) is 0 Å². The molecule has 3 N–H and O–H groups in total. The smallest absolute Gasteiger partial charge is 0.248 e. The highest BCUT2D eigenvalue weighted by Crippen LogP contribution is 2.36. The van der Waals surface area contributed by atoms with Crippen molar-refractivity contribution in [2.45, 2.75) is 57.4 Å². The molecule has 4 nitrogen and oxygen atoms in total. The maximum Gasteiger partial charge on any atom is 0.248 e. The molecule has 6 heteroatoms. The second kappa shape index (κ2) is 7.38. The lowest BCUT2D eigenvalue weighted by molar-refractivity contribution is -0.0508. The minimum absolute atomic E-state index is 0.0233. The Labute approximate surface area is 126 Å². The number of rotatable bonds is 5. The SMILES string of the molecule is CCN1CCCC1CNC(N)=NCC1CCCC(F)(F)C1. The van der Waals surface area contributed by atoms with Crippen LogP contribution in [0.1, 0.15) is 45.4 Å². The Morgan fingerprint density at radius 1 is 1.38 bits per heavy atom. The first kappa shape index (κ1) is 16.5. The fourth-order valence-corrected chi connectivity index (χ4v) is 3.48. The molecule has 2 unspecified atom stereocenters. The Balaban J connectivity index is 1.71. The Hall–Kier alpha value is -0.910. The number of likely N-dealkylation sites (tertiary alicyclic amines) is 1. The van der Waals surface area contributed by atoms with Crippen LogP contribution in [0, 0.1) is 5.92 Å². The van der Waals surface area contributed by atoms with Crippen molar-refractivity contribution in [2.24, 2.45) is 16.6 Å². The molecule has 1 saturated carbocycles. The second-order valence-electron chi connectivity index (χ2n) is 6.35. The van der Waals surface area contributed by atoms with Crippen molar-refractivity contribution < 1.29 is 8.78 Å². The van der Waals surface area contributed by atoms with Crippen LogP contribution < -0.4 is 11.1 Å². The molecule has 1 aliphatic carbocycles. The molecule has 2 aliphatic rings. The summed E-state index contributed by atoms with van der Waals surface area (Å²) in [7, 11) is 0. The van der Waals surface area contributed by atoms with Crippen LogP contribution in [0.5, 0.6) is 0 Å². The highest BCUT2D eigenvalue weighted by molar-refractivity contribution is 5.77. The van der Waals surface area contributed by atoms with E-state index < -0.39 is 5.92 Å². The lowest BCUT2D eigenvalue weighted by Gasteiger charge is -2.28. The molecule has 1 saturated heterocycles. The lowest BCUT2D eigenvalue weighted by Crippen LogP contribution is -2.43. The molecule has 21 heavy (non-hydrogen) atoms. The lowest BCUT2D eigenvalue weighted by atomic mass is 9.87. The molecule has 2 atom stereocenters. The van der Waals surface area contributed by atoms with E-state index in [1.807, 2.05) is 0 Å². The zero-order valence-electron chi connectivity index (χ0n) is 13.0. The number of alkyl halides is 2. The summed E-state index contributed by atoms with van der Waals surface area (Å²) >= 11 is 0. The van der Waals surface area contributed by atoms with Crippen molar-refractivity contribution in [2.75, 3.05) is 26.2 Å². The number of aliphatic imine (C=N–C) groups is 1. The van der Waals surface area contributed by atoms with E-state index in [0.717, 1.165) is 26.1 Å². The number of nitrogens with one attached hydrogen (secondary N) is 1. The van der Waals surface area contributed by atoms with Crippen molar-refractivity contribution >= 4 is 5.96 Å². The van der Waals surface area contributed by atoms with Crippen LogP contribution in [0.2, 0.25) is 0 Å². The topological polar surface area (TPSA) is 53.6 Å². The fourth-order valence-electron chi connectivity index (χ4n) is 3.48. The summed E-state index contributed by atoms with van der Waals surface area (Å²) in [6.07, 6.45) is 3.81. The van der Waals surface area contributed by atoms with Gasteiger partial charge >= 0.3 is 0 Å². The van der Waals surface area contributed by atoms with E-state index in [4.69, 9.17) is 5.73 Å². The number of guanidine groups is 1. The summed E-state index contributed by atoms with van der Waals surface area (Å²) < 4.78 is 26.6. The molecule has 1 aliphatic heterocycles. The van der Waals surface area contributed by atoms with Crippen LogP contribution in [0.15, 0.2) is 4.99 Å². The second-order valence-corrected chi connectivity index (χ2v) is 6.35. The standard InChI is InChI=1S/C15H28F2N4/c1-2-21-8-4-6-13(21)11-20-14(18)19-10-12-5-3-7-15(16,17)9-12/h12-13H,2-11H2,1H3,(H3,18,19,20). The van der Waals surface area contributed by atoms with Gasteiger partial charge in [-0.05, 0) is 44.7 Å². The van der Waals surface area contributed by atoms with Gasteiger partial charge in [0.05, 0.1) is 0 Å². The van der Waals surface area contributed by atoms with E-state index in [0.29, 0.717) is 25.0 Å². The van der Waals surface area contributed by atoms with Gasteiger partial charge in [0.15, 0.2) is 5.96 Å². The first-order valence-corrected chi connectivity index (χ1v) is 8.16. The minimum atomic E-state index is -2.51. The molecule has 0 bridgehead atoms. The first-order valence-electron chi connectivity index (χ1n) is 8.16. The number of hydrogen-bond donors (Lipinski definition) is 2. The molecule has 0 aromatic heterocycles. The van der Waals surface area contributed by atoms with Gasteiger partial charge in [0.2, 0.25) is 5.92 Å². The minimum Gasteiger partial charge on any atom is -0.370 e. The molecule has 0 radical (unpaired) electrons. The highest BCUT2D eigenvalue weighted by atomic mass is 19.3. The Bertz CT molecular complexity index is 360. The summed E-state index contributed by atoms with van der Waals surface area (Å²) in [5, 5.41) is 3.15. The van der Waals surface area contributed by atoms with Crippen molar-refractivity contribution in [1.82, 2.24) is 10.2 Å². The molecule has 0 amide bonds. The third-order valence-corrected chi connectivity index (χ3v) is 4.69. The fraction of sp³-hybridized carbons (Fsp3) is 0.933. The van der Waals surface area contributed by atoms with E-state index in [2.05, 4.69) is 22.1 Å². The Morgan fingerprint density at radius 2 is 2.19 bits per heavy atom. The van der Waals surface area contributed by atoms with E-state index in [1.54, 1.807) is 0 Å². The van der Waals surface area contributed by atoms with Gasteiger partial charge in [0.1, 0.15) is 0 Å². The molecule has 0 aromatic carbocycles. The number of nitrogens with two attached hydrogens (primary N) is 1. The molecule has 2 fully saturated rings. The van der Waals surface area contributed by atoms with Gasteiger partial charge in [-0.25, -0.2) is 8.78 Å². The maximum absolute atomic E-state index is 13.3. The van der Waals surface area contributed by atoms with Gasteiger partial charge in [-0.2, -0.15) is 0 Å². The number of likely N-dealkylation sites (N-methyl/N-ethyl adjacent to an activating group) is 1. The normalized spacial score (nSPS) is 30.5. The zero-order valence-corrected chi connectivity index (χ0v) is 13.0. The van der Waals surface area contributed by atoms with E-state index >= 15 is 0 Å². The molecule has 1 heterocycles. The van der Waals surface area contributed by atoms with E-state index in [1.165, 1.54) is 12.8 Å². The van der Waals surface area contributed by atoms with Crippen LogP contribution in [0.3, 0.4) is 0 Å². The molecule has 0 aromatic rings. The third-order valence-electron chi connectivity index (χ3n) is 4.69. The van der Waals surface area contributed by atoms with Gasteiger partial charge in [-0.1, -0.05) is 6.92 Å². The number of halogens is 2. The van der Waals surface area contributed by atoms with Crippen LogP contribution in [0.25, 0.3) is 0 Å². The summed E-state index contributed by atoms with van der Waals surface area (Å²) in [6.45, 7) is 5.58. The Kier molecular flexibility index (Phi) is 5.79. The molecular weight excluding hydrogens is 274 g/mol. The van der Waals surface area contributed by atoms with Crippen molar-refractivity contribution in [1.29, 1.82) is 0 Å². The van der Waals surface area contributed by atoms with Crippen molar-refractivity contribution in [3.8, 4) is 0 Å². The summed E-state index contributed by atoms with van der Waals surface area (Å²) in [5.74, 6) is -2.15. The number of hydrogen-bond acceptors (Lipinski definition) is 2. The molecular formula is C15H28F2N4. The van der Waals surface area contributed by atoms with Gasteiger partial charge < -0.3 is 11.1 Å². The average molecular weight is 302 g/mol. The third kappa shape index (κ3) is 5.09. The summed E-state index contributed by atoms with van der Waals surface area (Å²) in [6, 6.07) is 0.516. The first-order chi connectivity index (χ1) is 10.00. The van der Waals surface area contributed by atoms with Crippen LogP contribution in [-0.4, -0.2) is 49.0 Å². The molecule has 122 valence electrons. The van der Waals surface area contributed by atoms with Gasteiger partial charge in [0, 0.05) is 32.0 Å².